The third-order valence-corrected chi connectivity index (χ3v) is 3.88. The number of benzene rings is 1. The second-order valence-electron chi connectivity index (χ2n) is 5.24. The quantitative estimate of drug-likeness (QED) is 0.779. The Bertz CT molecular complexity index is 592. The van der Waals surface area contributed by atoms with Crippen molar-refractivity contribution in [1.29, 1.82) is 0 Å². The summed E-state index contributed by atoms with van der Waals surface area (Å²) in [7, 11) is 0. The summed E-state index contributed by atoms with van der Waals surface area (Å²) in [5.41, 5.74) is 1.55. The zero-order valence-corrected chi connectivity index (χ0v) is 11.3. The first-order chi connectivity index (χ1) is 9.27. The van der Waals surface area contributed by atoms with Crippen molar-refractivity contribution >= 4 is 16.9 Å². The number of nitrogens with zero attached hydrogens (tertiary/aromatic N) is 1. The number of para-hydroxylation sites is 1. The third kappa shape index (κ3) is 2.25. The summed E-state index contributed by atoms with van der Waals surface area (Å²) in [5, 5.41) is 0.939. The van der Waals surface area contributed by atoms with Crippen LogP contribution in [0.2, 0.25) is 0 Å². The van der Waals surface area contributed by atoms with Crippen LogP contribution >= 0.6 is 0 Å². The highest BCUT2D eigenvalue weighted by Gasteiger charge is 2.23. The Morgan fingerprint density at radius 3 is 2.53 bits per heavy atom. The number of hydrogen-bond acceptors (Lipinski definition) is 2. The van der Waals surface area contributed by atoms with Crippen molar-refractivity contribution in [3.05, 3.63) is 35.6 Å². The maximum absolute atomic E-state index is 12.7. The normalized spacial score (nSPS) is 16.6. The van der Waals surface area contributed by atoms with Crippen LogP contribution in [0.5, 0.6) is 0 Å². The minimum Gasteiger partial charge on any atom is -0.461 e. The van der Waals surface area contributed by atoms with Gasteiger partial charge in [-0.05, 0) is 25.8 Å². The zero-order chi connectivity index (χ0) is 13.2. The third-order valence-electron chi connectivity index (χ3n) is 3.88. The molecule has 0 saturated carbocycles. The van der Waals surface area contributed by atoms with Crippen LogP contribution in [0.25, 0.3) is 11.0 Å². The summed E-state index contributed by atoms with van der Waals surface area (Å²) >= 11 is 0. The first-order valence-electron chi connectivity index (χ1n) is 7.05. The van der Waals surface area contributed by atoms with Crippen molar-refractivity contribution in [1.82, 2.24) is 4.90 Å². The Balaban J connectivity index is 1.98. The number of carbonyl (C=O) groups is 1. The van der Waals surface area contributed by atoms with E-state index in [-0.39, 0.29) is 5.91 Å². The molecule has 1 aromatic heterocycles. The van der Waals surface area contributed by atoms with Crippen LogP contribution in [0.1, 0.15) is 41.8 Å². The molecule has 0 bridgehead atoms. The highest BCUT2D eigenvalue weighted by atomic mass is 16.3. The smallest absolute Gasteiger partial charge is 0.258 e. The number of hydrogen-bond donors (Lipinski definition) is 0. The second-order valence-corrected chi connectivity index (χ2v) is 5.24. The van der Waals surface area contributed by atoms with Gasteiger partial charge in [-0.2, -0.15) is 0 Å². The first kappa shape index (κ1) is 12.3. The van der Waals surface area contributed by atoms with Gasteiger partial charge in [0.25, 0.3) is 5.91 Å². The van der Waals surface area contributed by atoms with Crippen LogP contribution in [0.4, 0.5) is 0 Å². The molecule has 3 nitrogen and oxygen atoms in total. The Morgan fingerprint density at radius 1 is 1.11 bits per heavy atom. The van der Waals surface area contributed by atoms with E-state index in [2.05, 4.69) is 0 Å². The summed E-state index contributed by atoms with van der Waals surface area (Å²) in [6, 6.07) is 7.78. The molecule has 0 aliphatic carbocycles. The van der Waals surface area contributed by atoms with Crippen LogP contribution in [-0.2, 0) is 0 Å². The predicted molar refractivity (Wildman–Crippen MR) is 75.3 cm³/mol. The van der Waals surface area contributed by atoms with Crippen LogP contribution in [0, 0.1) is 6.92 Å². The van der Waals surface area contributed by atoms with Crippen LogP contribution in [-0.4, -0.2) is 23.9 Å². The fourth-order valence-corrected chi connectivity index (χ4v) is 2.87. The molecule has 0 spiro atoms. The van der Waals surface area contributed by atoms with Crippen molar-refractivity contribution in [2.75, 3.05) is 13.1 Å². The fraction of sp³-hybridized carbons (Fsp3) is 0.438. The standard InChI is InChI=1S/C16H19NO2/c1-12-15(13-8-4-5-9-14(13)19-12)16(18)17-10-6-2-3-7-11-17/h4-5,8-9H,2-3,6-7,10-11H2,1H3. The molecule has 1 aliphatic rings. The van der Waals surface area contributed by atoms with Gasteiger partial charge in [-0.1, -0.05) is 31.0 Å². The Morgan fingerprint density at radius 2 is 1.79 bits per heavy atom. The van der Waals surface area contributed by atoms with Gasteiger partial charge >= 0.3 is 0 Å². The van der Waals surface area contributed by atoms with E-state index in [1.165, 1.54) is 12.8 Å². The number of aryl methyl sites for hydroxylation is 1. The molecule has 1 amide bonds. The van der Waals surface area contributed by atoms with Crippen LogP contribution < -0.4 is 0 Å². The SMILES string of the molecule is Cc1oc2ccccc2c1C(=O)N1CCCCCC1. The largest absolute Gasteiger partial charge is 0.461 e. The molecule has 1 fully saturated rings. The van der Waals surface area contributed by atoms with Gasteiger partial charge in [0, 0.05) is 18.5 Å². The molecule has 2 heterocycles. The molecule has 3 heteroatoms. The molecule has 2 aromatic rings. The highest BCUT2D eigenvalue weighted by molar-refractivity contribution is 6.07. The molecule has 100 valence electrons. The van der Waals surface area contributed by atoms with Gasteiger partial charge in [0.15, 0.2) is 0 Å². The number of likely N-dealkylation sites (tertiary alicyclic amines) is 1. The summed E-state index contributed by atoms with van der Waals surface area (Å²) in [5.74, 6) is 0.861. The molecule has 1 aliphatic heterocycles. The van der Waals surface area contributed by atoms with Crippen molar-refractivity contribution in [3.63, 3.8) is 0 Å². The second kappa shape index (κ2) is 5.08. The van der Waals surface area contributed by atoms with E-state index in [1.54, 1.807) is 0 Å². The lowest BCUT2D eigenvalue weighted by molar-refractivity contribution is 0.0761. The van der Waals surface area contributed by atoms with Crippen LogP contribution in [0.15, 0.2) is 28.7 Å². The minimum absolute atomic E-state index is 0.129. The maximum atomic E-state index is 12.7. The van der Waals surface area contributed by atoms with E-state index in [0.717, 1.165) is 48.2 Å². The summed E-state index contributed by atoms with van der Waals surface area (Å²) in [6.07, 6.45) is 4.69. The fourth-order valence-electron chi connectivity index (χ4n) is 2.87. The molecule has 1 aromatic carbocycles. The first-order valence-corrected chi connectivity index (χ1v) is 7.05. The summed E-state index contributed by atoms with van der Waals surface area (Å²) in [6.45, 7) is 3.63. The summed E-state index contributed by atoms with van der Waals surface area (Å²) in [4.78, 5) is 14.7. The zero-order valence-electron chi connectivity index (χ0n) is 11.3. The minimum atomic E-state index is 0.129. The average Bonchev–Trinajstić information content (AvgIpc) is 2.61. The van der Waals surface area contributed by atoms with Crippen molar-refractivity contribution in [2.24, 2.45) is 0 Å². The van der Waals surface area contributed by atoms with E-state index in [9.17, 15) is 4.79 Å². The van der Waals surface area contributed by atoms with E-state index in [0.29, 0.717) is 0 Å². The molecule has 0 unspecified atom stereocenters. The molecule has 0 atom stereocenters. The molecule has 3 rings (SSSR count). The number of amides is 1. The Hall–Kier alpha value is -1.77. The molecule has 1 saturated heterocycles. The van der Waals surface area contributed by atoms with Gasteiger partial charge in [-0.15, -0.1) is 0 Å². The number of furan rings is 1. The van der Waals surface area contributed by atoms with E-state index in [4.69, 9.17) is 4.42 Å². The monoisotopic (exact) mass is 257 g/mol. The van der Waals surface area contributed by atoms with Crippen molar-refractivity contribution in [3.8, 4) is 0 Å². The van der Waals surface area contributed by atoms with E-state index < -0.39 is 0 Å². The highest BCUT2D eigenvalue weighted by Crippen LogP contribution is 2.27. The summed E-state index contributed by atoms with van der Waals surface area (Å²) < 4.78 is 5.69. The van der Waals surface area contributed by atoms with Gasteiger partial charge < -0.3 is 9.32 Å². The Labute approximate surface area is 113 Å². The van der Waals surface area contributed by atoms with Gasteiger partial charge in [-0.25, -0.2) is 0 Å². The van der Waals surface area contributed by atoms with E-state index >= 15 is 0 Å². The van der Waals surface area contributed by atoms with Gasteiger partial charge in [0.1, 0.15) is 11.3 Å². The maximum Gasteiger partial charge on any atom is 0.258 e. The molecular weight excluding hydrogens is 238 g/mol. The molecule has 19 heavy (non-hydrogen) atoms. The average molecular weight is 257 g/mol. The number of fused-ring (bicyclic) bond motifs is 1. The number of carbonyl (C=O) groups excluding carboxylic acids is 1. The van der Waals surface area contributed by atoms with Gasteiger partial charge in [0.2, 0.25) is 0 Å². The van der Waals surface area contributed by atoms with Crippen LogP contribution in [0.3, 0.4) is 0 Å². The van der Waals surface area contributed by atoms with Gasteiger partial charge in [-0.3, -0.25) is 4.79 Å². The molecular formula is C16H19NO2. The van der Waals surface area contributed by atoms with Crippen molar-refractivity contribution < 1.29 is 9.21 Å². The lowest BCUT2D eigenvalue weighted by Gasteiger charge is -2.20. The lowest BCUT2D eigenvalue weighted by atomic mass is 10.1. The van der Waals surface area contributed by atoms with E-state index in [1.807, 2.05) is 36.1 Å². The van der Waals surface area contributed by atoms with Crippen molar-refractivity contribution in [2.45, 2.75) is 32.6 Å². The number of rotatable bonds is 1. The molecule has 0 radical (unpaired) electrons. The lowest BCUT2D eigenvalue weighted by Crippen LogP contribution is -2.32. The Kier molecular flexibility index (Phi) is 3.28. The van der Waals surface area contributed by atoms with Gasteiger partial charge in [0.05, 0.1) is 5.56 Å². The molecule has 0 N–H and O–H groups in total. The predicted octanol–water partition coefficient (Wildman–Crippen LogP) is 3.76. The topological polar surface area (TPSA) is 33.5 Å².